The Bertz CT molecular complexity index is 882. The molecule has 7 heteroatoms. The van der Waals surface area contributed by atoms with Crippen molar-refractivity contribution in [1.29, 1.82) is 0 Å². The van der Waals surface area contributed by atoms with Crippen molar-refractivity contribution >= 4 is 23.1 Å². The molecule has 0 radical (unpaired) electrons. The molecule has 0 amide bonds. The van der Waals surface area contributed by atoms with Crippen molar-refractivity contribution < 1.29 is 19.4 Å². The summed E-state index contributed by atoms with van der Waals surface area (Å²) in [6.07, 6.45) is -0.623. The summed E-state index contributed by atoms with van der Waals surface area (Å²) < 4.78 is 11.1. The monoisotopic (exact) mass is 432 g/mol. The lowest BCUT2D eigenvalue weighted by molar-refractivity contribution is 0.0653. The van der Waals surface area contributed by atoms with Gasteiger partial charge in [0.05, 0.1) is 7.11 Å². The summed E-state index contributed by atoms with van der Waals surface area (Å²) in [6, 6.07) is 11.0. The number of hydrogen-bond donors (Lipinski definition) is 1. The molecule has 162 valence electrons. The maximum Gasteiger partial charge on any atom is 0.161 e. The van der Waals surface area contributed by atoms with Crippen molar-refractivity contribution in [3.05, 3.63) is 52.5 Å². The lowest BCUT2D eigenvalue weighted by atomic mass is 10.1. The first-order chi connectivity index (χ1) is 14.4. The fourth-order valence-corrected chi connectivity index (χ4v) is 3.80. The van der Waals surface area contributed by atoms with Crippen molar-refractivity contribution in [2.24, 2.45) is 0 Å². The van der Waals surface area contributed by atoms with Crippen molar-refractivity contribution in [1.82, 2.24) is 4.90 Å². The highest BCUT2D eigenvalue weighted by molar-refractivity contribution is 6.30. The molecule has 1 atom stereocenters. The molecule has 1 aliphatic heterocycles. The van der Waals surface area contributed by atoms with E-state index in [-0.39, 0.29) is 12.4 Å². The number of aliphatic hydroxyl groups is 1. The third-order valence-corrected chi connectivity index (χ3v) is 5.59. The second kappa shape index (κ2) is 10.2. The predicted octanol–water partition coefficient (Wildman–Crippen LogP) is 3.42. The van der Waals surface area contributed by atoms with Gasteiger partial charge in [0.1, 0.15) is 12.7 Å². The fraction of sp³-hybridized carbons (Fsp3) is 0.435. The second-order valence-electron chi connectivity index (χ2n) is 7.61. The molecule has 0 aromatic heterocycles. The van der Waals surface area contributed by atoms with E-state index in [1.54, 1.807) is 18.2 Å². The van der Waals surface area contributed by atoms with Gasteiger partial charge in [-0.25, -0.2) is 0 Å². The maximum atomic E-state index is 11.5. The van der Waals surface area contributed by atoms with Gasteiger partial charge in [0.25, 0.3) is 0 Å². The molecule has 1 fully saturated rings. The summed E-state index contributed by atoms with van der Waals surface area (Å²) >= 11 is 6.15. The average Bonchev–Trinajstić information content (AvgIpc) is 2.74. The maximum absolute atomic E-state index is 11.5. The molecule has 0 unspecified atom stereocenters. The van der Waals surface area contributed by atoms with E-state index >= 15 is 0 Å². The number of halogens is 1. The topological polar surface area (TPSA) is 62.2 Å². The van der Waals surface area contributed by atoms with Crippen LogP contribution in [0.15, 0.2) is 36.4 Å². The number of rotatable bonds is 8. The number of ether oxygens (including phenoxy) is 2. The van der Waals surface area contributed by atoms with Crippen molar-refractivity contribution in [3.63, 3.8) is 0 Å². The van der Waals surface area contributed by atoms with Crippen molar-refractivity contribution in [2.45, 2.75) is 20.0 Å². The number of aliphatic hydroxyl groups excluding tert-OH is 1. The predicted molar refractivity (Wildman–Crippen MR) is 119 cm³/mol. The zero-order valence-electron chi connectivity index (χ0n) is 17.7. The van der Waals surface area contributed by atoms with Crippen LogP contribution in [0.4, 0.5) is 5.69 Å². The number of ketones is 1. The van der Waals surface area contributed by atoms with Gasteiger partial charge in [0.2, 0.25) is 0 Å². The molecule has 0 aliphatic carbocycles. The molecule has 1 heterocycles. The molecular weight excluding hydrogens is 404 g/mol. The van der Waals surface area contributed by atoms with Gasteiger partial charge in [0.15, 0.2) is 17.3 Å². The first-order valence-electron chi connectivity index (χ1n) is 10.1. The van der Waals surface area contributed by atoms with Gasteiger partial charge in [0, 0.05) is 49.0 Å². The van der Waals surface area contributed by atoms with Crippen molar-refractivity contribution in [2.75, 3.05) is 51.3 Å². The molecule has 0 bridgehead atoms. The number of piperazine rings is 1. The quantitative estimate of drug-likeness (QED) is 0.645. The van der Waals surface area contributed by atoms with E-state index < -0.39 is 6.10 Å². The van der Waals surface area contributed by atoms with Gasteiger partial charge in [-0.2, -0.15) is 0 Å². The van der Waals surface area contributed by atoms with Crippen LogP contribution in [0.1, 0.15) is 22.8 Å². The van der Waals surface area contributed by atoms with Crippen molar-refractivity contribution in [3.8, 4) is 11.5 Å². The lowest BCUT2D eigenvalue weighted by Crippen LogP contribution is -2.49. The number of carbonyl (C=O) groups excluding carboxylic acids is 1. The Labute approximate surface area is 183 Å². The van der Waals surface area contributed by atoms with Crippen LogP contribution < -0.4 is 14.4 Å². The third-order valence-electron chi connectivity index (χ3n) is 5.35. The van der Waals surface area contributed by atoms with Crippen LogP contribution in [-0.4, -0.2) is 68.3 Å². The van der Waals surface area contributed by atoms with Crippen LogP contribution in [0.5, 0.6) is 11.5 Å². The molecule has 0 spiro atoms. The minimum Gasteiger partial charge on any atom is -0.493 e. The molecule has 2 aromatic carbocycles. The van der Waals surface area contributed by atoms with Crippen LogP contribution in [0.2, 0.25) is 5.02 Å². The molecular formula is C23H29ClN2O4. The molecule has 1 saturated heterocycles. The van der Waals surface area contributed by atoms with Gasteiger partial charge in [-0.1, -0.05) is 17.7 Å². The highest BCUT2D eigenvalue weighted by atomic mass is 35.5. The number of methoxy groups -OCH3 is 1. The summed E-state index contributed by atoms with van der Waals surface area (Å²) in [5.41, 5.74) is 2.95. The van der Waals surface area contributed by atoms with Gasteiger partial charge in [-0.05, 0) is 49.7 Å². The van der Waals surface area contributed by atoms with Gasteiger partial charge in [-0.15, -0.1) is 0 Å². The van der Waals surface area contributed by atoms with E-state index in [0.717, 1.165) is 31.2 Å². The highest BCUT2D eigenvalue weighted by Gasteiger charge is 2.21. The number of β-amino-alcohol motifs (C(OH)–C–C–N with tert-alkyl or cyclic N) is 1. The summed E-state index contributed by atoms with van der Waals surface area (Å²) in [6.45, 7) is 7.78. The minimum atomic E-state index is -0.623. The molecule has 30 heavy (non-hydrogen) atoms. The van der Waals surface area contributed by atoms with Gasteiger partial charge < -0.3 is 19.5 Å². The van der Waals surface area contributed by atoms with E-state index in [1.165, 1.54) is 25.3 Å². The van der Waals surface area contributed by atoms with Crippen LogP contribution in [0.25, 0.3) is 0 Å². The molecule has 0 saturated carbocycles. The summed E-state index contributed by atoms with van der Waals surface area (Å²) in [5.74, 6) is 0.968. The first kappa shape index (κ1) is 22.4. The minimum absolute atomic E-state index is 0.0352. The van der Waals surface area contributed by atoms with Crippen LogP contribution in [0.3, 0.4) is 0 Å². The number of carbonyl (C=O) groups is 1. The zero-order valence-corrected chi connectivity index (χ0v) is 18.5. The van der Waals surface area contributed by atoms with E-state index in [0.29, 0.717) is 23.6 Å². The summed E-state index contributed by atoms with van der Waals surface area (Å²) in [5, 5.41) is 11.2. The Morgan fingerprint density at radius 3 is 2.53 bits per heavy atom. The number of aryl methyl sites for hydroxylation is 1. The van der Waals surface area contributed by atoms with E-state index in [2.05, 4.69) is 16.7 Å². The van der Waals surface area contributed by atoms with Crippen LogP contribution in [-0.2, 0) is 0 Å². The second-order valence-corrected chi connectivity index (χ2v) is 8.04. The largest absolute Gasteiger partial charge is 0.493 e. The zero-order chi connectivity index (χ0) is 21.7. The van der Waals surface area contributed by atoms with Gasteiger partial charge in [-0.3, -0.25) is 9.69 Å². The van der Waals surface area contributed by atoms with Crippen LogP contribution in [0, 0.1) is 6.92 Å². The number of benzene rings is 2. The highest BCUT2D eigenvalue weighted by Crippen LogP contribution is 2.28. The standard InChI is InChI=1S/C23H29ClN2O4/c1-16-4-6-19(24)13-21(16)26-10-8-25(9-11-26)14-20(28)15-30-22-7-5-18(17(2)27)12-23(22)29-3/h4-7,12-13,20,28H,8-11,14-15H2,1-3H3/t20-/m1/s1. The normalized spacial score (nSPS) is 15.7. The number of anilines is 1. The molecule has 1 aliphatic rings. The van der Waals surface area contributed by atoms with E-state index in [9.17, 15) is 9.90 Å². The lowest BCUT2D eigenvalue weighted by Gasteiger charge is -2.37. The summed E-state index contributed by atoms with van der Waals surface area (Å²) in [7, 11) is 1.53. The Balaban J connectivity index is 1.49. The van der Waals surface area contributed by atoms with Gasteiger partial charge >= 0.3 is 0 Å². The number of Topliss-reactive ketones (excluding diaryl/α,β-unsaturated/α-hetero) is 1. The Hall–Kier alpha value is -2.28. The third kappa shape index (κ3) is 5.65. The average molecular weight is 433 g/mol. The Morgan fingerprint density at radius 1 is 1.13 bits per heavy atom. The smallest absolute Gasteiger partial charge is 0.161 e. The number of hydrogen-bond acceptors (Lipinski definition) is 6. The number of nitrogens with zero attached hydrogens (tertiary/aromatic N) is 2. The van der Waals surface area contributed by atoms with Crippen LogP contribution >= 0.6 is 11.6 Å². The molecule has 3 rings (SSSR count). The Morgan fingerprint density at radius 2 is 1.87 bits per heavy atom. The first-order valence-corrected chi connectivity index (χ1v) is 10.5. The summed E-state index contributed by atoms with van der Waals surface area (Å²) in [4.78, 5) is 16.1. The molecule has 1 N–H and O–H groups in total. The molecule has 6 nitrogen and oxygen atoms in total. The molecule has 2 aromatic rings. The fourth-order valence-electron chi connectivity index (χ4n) is 3.64. The van der Waals surface area contributed by atoms with E-state index in [1.807, 2.05) is 18.2 Å². The SMILES string of the molecule is COc1cc(C(C)=O)ccc1OC[C@H](O)CN1CCN(c2cc(Cl)ccc2C)CC1. The van der Waals surface area contributed by atoms with E-state index in [4.69, 9.17) is 21.1 Å². The Kier molecular flexibility index (Phi) is 7.58.